The number of amides is 1. The predicted molar refractivity (Wildman–Crippen MR) is 126 cm³/mol. The Balaban J connectivity index is 1.75. The second-order valence-corrected chi connectivity index (χ2v) is 9.50. The van der Waals surface area contributed by atoms with E-state index in [1.807, 2.05) is 82.2 Å². The van der Waals surface area contributed by atoms with E-state index in [4.69, 9.17) is 5.73 Å². The zero-order valence-electron chi connectivity index (χ0n) is 19.1. The average molecular weight is 432 g/mol. The van der Waals surface area contributed by atoms with Crippen LogP contribution in [-0.2, 0) is 11.3 Å². The van der Waals surface area contributed by atoms with Gasteiger partial charge in [0.25, 0.3) is 0 Å². The lowest BCUT2D eigenvalue weighted by molar-refractivity contribution is -0.121. The number of H-pyrrole nitrogens is 2. The van der Waals surface area contributed by atoms with Crippen molar-refractivity contribution >= 4 is 16.8 Å². The highest BCUT2D eigenvalue weighted by Crippen LogP contribution is 2.37. The number of hydrogen-bond donors (Lipinski definition) is 3. The van der Waals surface area contributed by atoms with E-state index in [0.29, 0.717) is 12.4 Å². The summed E-state index contributed by atoms with van der Waals surface area (Å²) >= 11 is 0. The van der Waals surface area contributed by atoms with Gasteiger partial charge >= 0.3 is 0 Å². The maximum Gasteiger partial charge on any atom is 0.225 e. The summed E-state index contributed by atoms with van der Waals surface area (Å²) in [7, 11) is 3.98. The van der Waals surface area contributed by atoms with Crippen LogP contribution in [0.1, 0.15) is 38.1 Å². The average Bonchev–Trinajstić information content (AvgIpc) is 3.32. The Labute approximate surface area is 187 Å². The maximum atomic E-state index is 12.2. The maximum absolute atomic E-state index is 12.2. The molecule has 2 aromatic heterocycles. The highest BCUT2D eigenvalue weighted by Gasteiger charge is 2.31. The summed E-state index contributed by atoms with van der Waals surface area (Å²) in [6, 6.07) is 13.9. The van der Waals surface area contributed by atoms with Gasteiger partial charge in [0, 0.05) is 16.5 Å². The van der Waals surface area contributed by atoms with Crippen LogP contribution in [0.25, 0.3) is 33.5 Å². The van der Waals surface area contributed by atoms with Gasteiger partial charge in [-0.25, -0.2) is 4.98 Å². The molecule has 0 aliphatic rings. The minimum absolute atomic E-state index is 0.291. The number of nitrogens with two attached hydrogens (primary N) is 1. The Kier molecular flexibility index (Phi) is 5.56. The van der Waals surface area contributed by atoms with E-state index in [2.05, 4.69) is 25.4 Å². The zero-order valence-corrected chi connectivity index (χ0v) is 19.1. The first-order chi connectivity index (χ1) is 15.1. The van der Waals surface area contributed by atoms with E-state index in [0.717, 1.165) is 39.1 Å². The number of aromatic nitrogens is 5. The number of aromatic amines is 2. The first kappa shape index (κ1) is 21.7. The Morgan fingerprint density at radius 2 is 1.84 bits per heavy atom. The molecule has 0 aliphatic heterocycles. The lowest BCUT2D eigenvalue weighted by Gasteiger charge is -2.28. The largest absolute Gasteiger partial charge is 0.369 e. The SMILES string of the molecule is CN(C)Cc1nc(-c2ccc3[nH]nc(-c4cccc(C(C(N)=O)C(C)(C)C)c4)c3c2)n[nH]1. The number of carbonyl (C=O) groups excluding carboxylic acids is 1. The number of nitrogens with one attached hydrogen (secondary N) is 2. The van der Waals surface area contributed by atoms with Gasteiger partial charge in [0.15, 0.2) is 5.82 Å². The lowest BCUT2D eigenvalue weighted by atomic mass is 9.75. The molecule has 4 rings (SSSR count). The molecule has 8 nitrogen and oxygen atoms in total. The van der Waals surface area contributed by atoms with Crippen LogP contribution in [0.3, 0.4) is 0 Å². The molecule has 166 valence electrons. The number of primary amides is 1. The quantitative estimate of drug-likeness (QED) is 0.430. The van der Waals surface area contributed by atoms with E-state index in [-0.39, 0.29) is 11.3 Å². The van der Waals surface area contributed by atoms with Crippen molar-refractivity contribution in [1.29, 1.82) is 0 Å². The normalized spacial score (nSPS) is 13.1. The molecule has 4 N–H and O–H groups in total. The molecule has 0 bridgehead atoms. The van der Waals surface area contributed by atoms with Crippen molar-refractivity contribution < 1.29 is 4.79 Å². The molecule has 2 aromatic carbocycles. The standard InChI is InChI=1S/C24H29N7O/c1-24(2,3)20(22(25)32)14-7-6-8-15(11-14)21-17-12-16(9-10-18(17)27-29-21)23-26-19(28-30-23)13-31(4)5/h6-12,20H,13H2,1-5H3,(H2,25,32)(H,27,29)(H,26,28,30). The monoisotopic (exact) mass is 431 g/mol. The summed E-state index contributed by atoms with van der Waals surface area (Å²) < 4.78 is 0. The first-order valence-electron chi connectivity index (χ1n) is 10.6. The van der Waals surface area contributed by atoms with Crippen molar-refractivity contribution in [3.63, 3.8) is 0 Å². The third kappa shape index (κ3) is 4.27. The van der Waals surface area contributed by atoms with Crippen LogP contribution < -0.4 is 5.73 Å². The van der Waals surface area contributed by atoms with E-state index in [1.165, 1.54) is 0 Å². The van der Waals surface area contributed by atoms with Crippen molar-refractivity contribution in [3.8, 4) is 22.6 Å². The van der Waals surface area contributed by atoms with E-state index < -0.39 is 5.92 Å². The molecule has 1 amide bonds. The third-order valence-electron chi connectivity index (χ3n) is 5.46. The number of nitrogens with zero attached hydrogens (tertiary/aromatic N) is 4. The van der Waals surface area contributed by atoms with Crippen LogP contribution in [0.5, 0.6) is 0 Å². The molecule has 0 radical (unpaired) electrons. The molecule has 0 saturated carbocycles. The van der Waals surface area contributed by atoms with E-state index in [1.54, 1.807) is 0 Å². The predicted octanol–water partition coefficient (Wildman–Crippen LogP) is 3.69. The van der Waals surface area contributed by atoms with Gasteiger partial charge in [0.2, 0.25) is 5.91 Å². The van der Waals surface area contributed by atoms with Gasteiger partial charge in [-0.3, -0.25) is 15.0 Å². The molecule has 0 spiro atoms. The van der Waals surface area contributed by atoms with Crippen LogP contribution in [0.15, 0.2) is 42.5 Å². The number of rotatable bonds is 6. The summed E-state index contributed by atoms with van der Waals surface area (Å²) in [6.07, 6.45) is 0. The van der Waals surface area contributed by atoms with Gasteiger partial charge < -0.3 is 10.6 Å². The molecule has 1 atom stereocenters. The molecule has 0 fully saturated rings. The van der Waals surface area contributed by atoms with Gasteiger partial charge in [-0.15, -0.1) is 0 Å². The summed E-state index contributed by atoms with van der Waals surface area (Å²) in [5, 5.41) is 16.0. The third-order valence-corrected chi connectivity index (χ3v) is 5.46. The highest BCUT2D eigenvalue weighted by atomic mass is 16.1. The van der Waals surface area contributed by atoms with Crippen molar-refractivity contribution in [1.82, 2.24) is 30.3 Å². The van der Waals surface area contributed by atoms with Gasteiger partial charge in [0.1, 0.15) is 5.82 Å². The fourth-order valence-corrected chi connectivity index (χ4v) is 4.12. The smallest absolute Gasteiger partial charge is 0.225 e. The van der Waals surface area contributed by atoms with Crippen molar-refractivity contribution in [3.05, 3.63) is 53.9 Å². The molecule has 0 aliphatic carbocycles. The van der Waals surface area contributed by atoms with E-state index in [9.17, 15) is 4.79 Å². The lowest BCUT2D eigenvalue weighted by Crippen LogP contribution is -2.31. The fourth-order valence-electron chi connectivity index (χ4n) is 4.12. The Morgan fingerprint density at radius 1 is 1.06 bits per heavy atom. The number of benzene rings is 2. The van der Waals surface area contributed by atoms with Crippen LogP contribution in [-0.4, -0.2) is 50.3 Å². The summed E-state index contributed by atoms with van der Waals surface area (Å²) in [4.78, 5) is 18.8. The van der Waals surface area contributed by atoms with Gasteiger partial charge in [-0.2, -0.15) is 10.2 Å². The molecule has 1 unspecified atom stereocenters. The molecule has 8 heteroatoms. The first-order valence-corrected chi connectivity index (χ1v) is 10.6. The molecule has 4 aromatic rings. The van der Waals surface area contributed by atoms with Crippen LogP contribution in [0.4, 0.5) is 0 Å². The number of carbonyl (C=O) groups is 1. The van der Waals surface area contributed by atoms with Crippen LogP contribution in [0, 0.1) is 5.41 Å². The summed E-state index contributed by atoms with van der Waals surface area (Å²) in [5.74, 6) is 0.726. The molecule has 32 heavy (non-hydrogen) atoms. The summed E-state index contributed by atoms with van der Waals surface area (Å²) in [5.41, 5.74) is 9.90. The Hall–Kier alpha value is -3.52. The van der Waals surface area contributed by atoms with E-state index >= 15 is 0 Å². The Morgan fingerprint density at radius 3 is 2.53 bits per heavy atom. The molecular weight excluding hydrogens is 402 g/mol. The van der Waals surface area contributed by atoms with Crippen LogP contribution >= 0.6 is 0 Å². The minimum Gasteiger partial charge on any atom is -0.369 e. The van der Waals surface area contributed by atoms with Crippen molar-refractivity contribution in [2.75, 3.05) is 14.1 Å². The number of fused-ring (bicyclic) bond motifs is 1. The fraction of sp³-hybridized carbons (Fsp3) is 0.333. The van der Waals surface area contributed by atoms with Crippen LogP contribution in [0.2, 0.25) is 0 Å². The molecule has 2 heterocycles. The minimum atomic E-state index is -0.397. The van der Waals surface area contributed by atoms with Gasteiger partial charge in [0.05, 0.1) is 23.7 Å². The van der Waals surface area contributed by atoms with Gasteiger partial charge in [-0.05, 0) is 49.3 Å². The zero-order chi connectivity index (χ0) is 23.0. The van der Waals surface area contributed by atoms with Crippen molar-refractivity contribution in [2.24, 2.45) is 11.1 Å². The second-order valence-electron chi connectivity index (χ2n) is 9.50. The second kappa shape index (κ2) is 8.20. The molecule has 0 saturated heterocycles. The highest BCUT2D eigenvalue weighted by molar-refractivity contribution is 5.95. The molecular formula is C24H29N7O. The Bertz CT molecular complexity index is 1260. The number of hydrogen-bond acceptors (Lipinski definition) is 5. The van der Waals surface area contributed by atoms with Gasteiger partial charge in [-0.1, -0.05) is 39.0 Å². The topological polar surface area (TPSA) is 117 Å². The van der Waals surface area contributed by atoms with Crippen molar-refractivity contribution in [2.45, 2.75) is 33.2 Å². The summed E-state index contributed by atoms with van der Waals surface area (Å²) in [6.45, 7) is 6.75.